The van der Waals surface area contributed by atoms with E-state index in [4.69, 9.17) is 0 Å². The SMILES string of the molecule is COc1c(F)c(F)cc2c(=O)c(C(=O)OB(F)F)cn(CC(F)F)c12. The fraction of sp³-hybridized carbons (Fsp3) is 0.231. The standard InChI is InChI=1S/C13H8BF6NO4/c1-24-12-9(18)7(15)2-5-10(12)21(4-8(16)17)3-6(11(5)22)13(23)25-14(19)20/h2-3,8H,4H2,1H3. The molecule has 25 heavy (non-hydrogen) atoms. The maximum atomic E-state index is 13.8. The van der Waals surface area contributed by atoms with E-state index >= 15 is 0 Å². The maximum absolute atomic E-state index is 13.8. The maximum Gasteiger partial charge on any atom is 0.798 e. The van der Waals surface area contributed by atoms with Gasteiger partial charge in [-0.05, 0) is 6.07 Å². The average Bonchev–Trinajstić information content (AvgIpc) is 2.50. The summed E-state index contributed by atoms with van der Waals surface area (Å²) in [5, 5.41) is -0.708. The first-order valence-electron chi connectivity index (χ1n) is 6.53. The number of ether oxygens (including phenoxy) is 1. The molecule has 0 atom stereocenters. The van der Waals surface area contributed by atoms with Gasteiger partial charge in [0.05, 0.1) is 24.6 Å². The number of benzene rings is 1. The van der Waals surface area contributed by atoms with Gasteiger partial charge in [0.2, 0.25) is 11.2 Å². The van der Waals surface area contributed by atoms with Gasteiger partial charge in [-0.25, -0.2) is 26.6 Å². The molecule has 1 aromatic heterocycles. The molecule has 0 bridgehead atoms. The fourth-order valence-corrected chi connectivity index (χ4v) is 2.24. The second-order valence-electron chi connectivity index (χ2n) is 4.68. The molecule has 0 fully saturated rings. The van der Waals surface area contributed by atoms with Crippen molar-refractivity contribution in [3.05, 3.63) is 39.7 Å². The number of carbonyl (C=O) groups is 1. The van der Waals surface area contributed by atoms with Crippen LogP contribution in [0, 0.1) is 11.6 Å². The van der Waals surface area contributed by atoms with Crippen molar-refractivity contribution < 1.29 is 40.4 Å². The lowest BCUT2D eigenvalue weighted by molar-refractivity contribution is 0.0691. The Hall–Kier alpha value is -2.66. The number of nitrogens with zero attached hydrogens (tertiary/aromatic N) is 1. The Kier molecular flexibility index (Phi) is 5.28. The van der Waals surface area contributed by atoms with Crippen molar-refractivity contribution in [1.29, 1.82) is 0 Å². The summed E-state index contributed by atoms with van der Waals surface area (Å²) in [4.78, 5) is 23.8. The highest BCUT2D eigenvalue weighted by Crippen LogP contribution is 2.30. The summed E-state index contributed by atoms with van der Waals surface area (Å²) in [5.74, 6) is -5.74. The molecule has 0 saturated heterocycles. The first-order valence-corrected chi connectivity index (χ1v) is 6.53. The molecule has 2 rings (SSSR count). The highest BCUT2D eigenvalue weighted by atomic mass is 19.3. The molecule has 0 aliphatic rings. The highest BCUT2D eigenvalue weighted by Gasteiger charge is 2.28. The number of halogens is 6. The van der Waals surface area contributed by atoms with E-state index in [0.29, 0.717) is 16.8 Å². The van der Waals surface area contributed by atoms with E-state index in [2.05, 4.69) is 9.39 Å². The quantitative estimate of drug-likeness (QED) is 0.603. The van der Waals surface area contributed by atoms with Gasteiger partial charge >= 0.3 is 13.4 Å². The van der Waals surface area contributed by atoms with Crippen LogP contribution in [0.1, 0.15) is 10.4 Å². The number of rotatable bonds is 5. The van der Waals surface area contributed by atoms with Crippen molar-refractivity contribution in [3.63, 3.8) is 0 Å². The van der Waals surface area contributed by atoms with Gasteiger partial charge < -0.3 is 14.0 Å². The van der Waals surface area contributed by atoms with Crippen molar-refractivity contribution in [3.8, 4) is 5.75 Å². The molecule has 12 heteroatoms. The second-order valence-corrected chi connectivity index (χ2v) is 4.68. The summed E-state index contributed by atoms with van der Waals surface area (Å²) in [6, 6.07) is 0.358. The van der Waals surface area contributed by atoms with Crippen molar-refractivity contribution in [2.75, 3.05) is 7.11 Å². The second kappa shape index (κ2) is 7.07. The third-order valence-corrected chi connectivity index (χ3v) is 3.17. The number of aromatic nitrogens is 1. The minimum atomic E-state index is -3.56. The zero-order valence-corrected chi connectivity index (χ0v) is 12.4. The summed E-state index contributed by atoms with van der Waals surface area (Å²) < 4.78 is 86.0. The molecule has 0 aliphatic carbocycles. The van der Waals surface area contributed by atoms with E-state index in [9.17, 15) is 35.8 Å². The number of alkyl halides is 2. The molecule has 2 aromatic rings. The average molecular weight is 367 g/mol. The number of methoxy groups -OCH3 is 1. The molecule has 1 aromatic carbocycles. The highest BCUT2D eigenvalue weighted by molar-refractivity contribution is 6.38. The van der Waals surface area contributed by atoms with Crippen LogP contribution >= 0.6 is 0 Å². The Labute approximate surface area is 136 Å². The number of fused-ring (bicyclic) bond motifs is 1. The number of pyridine rings is 1. The van der Waals surface area contributed by atoms with Crippen LogP contribution < -0.4 is 10.2 Å². The van der Waals surface area contributed by atoms with Crippen molar-refractivity contribution in [2.24, 2.45) is 0 Å². The van der Waals surface area contributed by atoms with E-state index in [1.54, 1.807) is 0 Å². The van der Waals surface area contributed by atoms with Gasteiger partial charge in [-0.1, -0.05) is 0 Å². The molecule has 0 spiro atoms. The smallest absolute Gasteiger partial charge is 0.491 e. The molecule has 1 heterocycles. The Morgan fingerprint density at radius 3 is 2.48 bits per heavy atom. The molecule has 0 saturated carbocycles. The van der Waals surface area contributed by atoms with Gasteiger partial charge in [0.1, 0.15) is 5.56 Å². The molecule has 5 nitrogen and oxygen atoms in total. The Morgan fingerprint density at radius 2 is 1.96 bits per heavy atom. The summed E-state index contributed by atoms with van der Waals surface area (Å²) in [5.41, 5.74) is -2.90. The number of hydrogen-bond acceptors (Lipinski definition) is 4. The Bertz CT molecular complexity index is 885. The van der Waals surface area contributed by atoms with Gasteiger partial charge in [0.25, 0.3) is 6.43 Å². The van der Waals surface area contributed by atoms with Gasteiger partial charge in [0, 0.05) is 6.20 Å². The van der Waals surface area contributed by atoms with E-state index in [1.165, 1.54) is 0 Å². The van der Waals surface area contributed by atoms with Crippen LogP contribution in [-0.2, 0) is 11.2 Å². The normalized spacial score (nSPS) is 11.0. The van der Waals surface area contributed by atoms with E-state index in [1.807, 2.05) is 0 Å². The summed E-state index contributed by atoms with van der Waals surface area (Å²) in [6.45, 7) is -1.15. The molecule has 0 amide bonds. The Balaban J connectivity index is 2.88. The van der Waals surface area contributed by atoms with Crippen molar-refractivity contribution in [1.82, 2.24) is 4.57 Å². The zero-order chi connectivity index (χ0) is 18.9. The third kappa shape index (κ3) is 3.56. The van der Waals surface area contributed by atoms with E-state index in [0.717, 1.165) is 7.11 Å². The summed E-state index contributed by atoms with van der Waals surface area (Å²) in [7, 11) is -2.65. The molecular formula is C13H8BF6NO4. The van der Waals surface area contributed by atoms with Crippen LogP contribution in [0.5, 0.6) is 5.75 Å². The van der Waals surface area contributed by atoms with Gasteiger partial charge in [-0.15, -0.1) is 0 Å². The summed E-state index contributed by atoms with van der Waals surface area (Å²) >= 11 is 0. The zero-order valence-electron chi connectivity index (χ0n) is 12.4. The summed E-state index contributed by atoms with van der Waals surface area (Å²) in [6.07, 6.45) is -2.52. The topological polar surface area (TPSA) is 57.5 Å². The van der Waals surface area contributed by atoms with E-state index < -0.39 is 65.7 Å². The first-order chi connectivity index (χ1) is 11.7. The van der Waals surface area contributed by atoms with Gasteiger partial charge in [-0.3, -0.25) is 4.79 Å². The van der Waals surface area contributed by atoms with Crippen LogP contribution in [-0.4, -0.2) is 31.5 Å². The monoisotopic (exact) mass is 367 g/mol. The van der Waals surface area contributed by atoms with Gasteiger partial charge in [-0.2, -0.15) is 4.39 Å². The first kappa shape index (κ1) is 18.7. The molecule has 0 aliphatic heterocycles. The predicted molar refractivity (Wildman–Crippen MR) is 74.1 cm³/mol. The third-order valence-electron chi connectivity index (χ3n) is 3.17. The molecule has 134 valence electrons. The lowest BCUT2D eigenvalue weighted by Gasteiger charge is -2.16. The number of hydrogen-bond donors (Lipinski definition) is 0. The van der Waals surface area contributed by atoms with E-state index in [-0.39, 0.29) is 0 Å². The lowest BCUT2D eigenvalue weighted by atomic mass is 10.1. The number of carbonyl (C=O) groups excluding carboxylic acids is 1. The van der Waals surface area contributed by atoms with Gasteiger partial charge in [0.15, 0.2) is 11.6 Å². The predicted octanol–water partition coefficient (Wildman–Crippen LogP) is 2.63. The van der Waals surface area contributed by atoms with Crippen LogP contribution in [0.2, 0.25) is 0 Å². The minimum absolute atomic E-state index is 0.358. The van der Waals surface area contributed by atoms with Crippen LogP contribution in [0.3, 0.4) is 0 Å². The van der Waals surface area contributed by atoms with Crippen LogP contribution in [0.25, 0.3) is 10.9 Å². The minimum Gasteiger partial charge on any atom is -0.491 e. The molecule has 0 unspecified atom stereocenters. The van der Waals surface area contributed by atoms with Crippen molar-refractivity contribution in [2.45, 2.75) is 13.0 Å². The fourth-order valence-electron chi connectivity index (χ4n) is 2.24. The molecule has 0 radical (unpaired) electrons. The van der Waals surface area contributed by atoms with Crippen LogP contribution in [0.15, 0.2) is 17.1 Å². The molecule has 0 N–H and O–H groups in total. The van der Waals surface area contributed by atoms with Crippen LogP contribution in [0.4, 0.5) is 26.2 Å². The molecular weight excluding hydrogens is 359 g/mol. The Morgan fingerprint density at radius 1 is 1.32 bits per heavy atom. The lowest BCUT2D eigenvalue weighted by Crippen LogP contribution is -2.25. The largest absolute Gasteiger partial charge is 0.798 e. The van der Waals surface area contributed by atoms with Crippen molar-refractivity contribution >= 4 is 24.3 Å².